The van der Waals surface area contributed by atoms with Gasteiger partial charge < -0.3 is 14.2 Å². The molecule has 3 aromatic rings. The van der Waals surface area contributed by atoms with Crippen LogP contribution in [0.25, 0.3) is 0 Å². The van der Waals surface area contributed by atoms with E-state index in [2.05, 4.69) is 33.0 Å². The fourth-order valence-corrected chi connectivity index (χ4v) is 3.35. The lowest BCUT2D eigenvalue weighted by molar-refractivity contribution is -0.123. The number of halogens is 1. The molecule has 1 amide bonds. The average molecular weight is 523 g/mol. The number of amides is 1. The van der Waals surface area contributed by atoms with Crippen LogP contribution >= 0.6 is 15.9 Å². The molecule has 1 N–H and O–H groups in total. The van der Waals surface area contributed by atoms with Crippen molar-refractivity contribution in [3.05, 3.63) is 101 Å². The average Bonchev–Trinajstić information content (AvgIpc) is 2.84. The summed E-state index contributed by atoms with van der Waals surface area (Å²) in [5.74, 6) is 0.319. The van der Waals surface area contributed by atoms with Crippen LogP contribution in [-0.4, -0.2) is 31.8 Å². The molecular formula is C26H23BrN2O5. The summed E-state index contributed by atoms with van der Waals surface area (Å²) in [7, 11) is 1.47. The van der Waals surface area contributed by atoms with Crippen LogP contribution in [0.15, 0.2) is 89.0 Å². The molecule has 0 spiro atoms. The Kier molecular flexibility index (Phi) is 8.99. The predicted octanol–water partition coefficient (Wildman–Crippen LogP) is 4.93. The number of ether oxygens (including phenoxy) is 3. The molecule has 8 heteroatoms. The van der Waals surface area contributed by atoms with Crippen molar-refractivity contribution >= 4 is 34.0 Å². The molecule has 7 nitrogen and oxygen atoms in total. The number of methoxy groups -OCH3 is 1. The summed E-state index contributed by atoms with van der Waals surface area (Å²) in [6.45, 7) is 3.54. The topological polar surface area (TPSA) is 86.2 Å². The molecule has 3 rings (SSSR count). The zero-order valence-corrected chi connectivity index (χ0v) is 20.1. The number of allylic oxidation sites excluding steroid dienone is 1. The van der Waals surface area contributed by atoms with Crippen molar-refractivity contribution in [2.75, 3.05) is 13.7 Å². The van der Waals surface area contributed by atoms with Gasteiger partial charge in [0.2, 0.25) is 0 Å². The molecule has 0 aliphatic carbocycles. The van der Waals surface area contributed by atoms with Crippen LogP contribution in [0.2, 0.25) is 0 Å². The fraction of sp³-hybridized carbons (Fsp3) is 0.115. The van der Waals surface area contributed by atoms with E-state index in [1.807, 2.05) is 24.3 Å². The third-order valence-corrected chi connectivity index (χ3v) is 5.04. The zero-order chi connectivity index (χ0) is 24.3. The van der Waals surface area contributed by atoms with Crippen LogP contribution < -0.4 is 19.6 Å². The molecule has 0 aliphatic heterocycles. The van der Waals surface area contributed by atoms with E-state index in [0.717, 1.165) is 10.0 Å². The van der Waals surface area contributed by atoms with E-state index >= 15 is 0 Å². The maximum atomic E-state index is 12.4. The first-order valence-electron chi connectivity index (χ1n) is 10.3. The van der Waals surface area contributed by atoms with Gasteiger partial charge in [-0.3, -0.25) is 4.79 Å². The minimum absolute atomic E-state index is 0.181. The molecule has 0 aromatic heterocycles. The molecule has 0 atom stereocenters. The van der Waals surface area contributed by atoms with Gasteiger partial charge in [0.1, 0.15) is 5.75 Å². The van der Waals surface area contributed by atoms with Crippen molar-refractivity contribution in [1.82, 2.24) is 5.43 Å². The Balaban J connectivity index is 1.57. The van der Waals surface area contributed by atoms with Gasteiger partial charge in [-0.25, -0.2) is 10.2 Å². The van der Waals surface area contributed by atoms with Crippen LogP contribution in [0.4, 0.5) is 0 Å². The monoisotopic (exact) mass is 522 g/mol. The lowest BCUT2D eigenvalue weighted by Crippen LogP contribution is -2.24. The molecule has 0 fully saturated rings. The maximum Gasteiger partial charge on any atom is 0.343 e. The van der Waals surface area contributed by atoms with Crippen molar-refractivity contribution in [1.29, 1.82) is 0 Å². The first-order chi connectivity index (χ1) is 16.5. The highest BCUT2D eigenvalue weighted by molar-refractivity contribution is 9.10. The number of hydrogen-bond donors (Lipinski definition) is 1. The van der Waals surface area contributed by atoms with Crippen LogP contribution in [0.5, 0.6) is 17.2 Å². The first-order valence-corrected chi connectivity index (χ1v) is 11.1. The molecule has 0 saturated heterocycles. The van der Waals surface area contributed by atoms with Crippen LogP contribution in [-0.2, 0) is 11.2 Å². The van der Waals surface area contributed by atoms with Gasteiger partial charge in [-0.05, 0) is 60.0 Å². The molecule has 0 unspecified atom stereocenters. The molecule has 0 bridgehead atoms. The maximum absolute atomic E-state index is 12.4. The Morgan fingerprint density at radius 3 is 2.62 bits per heavy atom. The highest BCUT2D eigenvalue weighted by atomic mass is 79.9. The number of benzene rings is 3. The first kappa shape index (κ1) is 24.7. The SMILES string of the molecule is C=CCc1ccccc1OCC(=O)NN=Cc1ccc(OC(=O)c2cccc(Br)c2)c(OC)c1. The number of carbonyl (C=O) groups is 2. The molecular weight excluding hydrogens is 500 g/mol. The third-order valence-electron chi connectivity index (χ3n) is 4.55. The van der Waals surface area contributed by atoms with Gasteiger partial charge in [-0.2, -0.15) is 5.10 Å². The van der Waals surface area contributed by atoms with E-state index in [-0.39, 0.29) is 12.4 Å². The van der Waals surface area contributed by atoms with Gasteiger partial charge in [-0.1, -0.05) is 46.3 Å². The summed E-state index contributed by atoms with van der Waals surface area (Å²) in [4.78, 5) is 24.5. The van der Waals surface area contributed by atoms with Crippen LogP contribution in [0.1, 0.15) is 21.5 Å². The van der Waals surface area contributed by atoms with E-state index in [1.54, 1.807) is 48.5 Å². The highest BCUT2D eigenvalue weighted by Gasteiger charge is 2.13. The van der Waals surface area contributed by atoms with E-state index in [1.165, 1.54) is 13.3 Å². The zero-order valence-electron chi connectivity index (χ0n) is 18.5. The van der Waals surface area contributed by atoms with Gasteiger partial charge in [0.05, 0.1) is 18.9 Å². The number of hydrogen-bond acceptors (Lipinski definition) is 6. The summed E-state index contributed by atoms with van der Waals surface area (Å²) in [6.07, 6.45) is 3.87. The largest absolute Gasteiger partial charge is 0.493 e. The molecule has 34 heavy (non-hydrogen) atoms. The number of nitrogens with zero attached hydrogens (tertiary/aromatic N) is 1. The number of nitrogens with one attached hydrogen (secondary N) is 1. The number of carbonyl (C=O) groups excluding carboxylic acids is 2. The highest BCUT2D eigenvalue weighted by Crippen LogP contribution is 2.28. The number of rotatable bonds is 10. The molecule has 0 heterocycles. The summed E-state index contributed by atoms with van der Waals surface area (Å²) in [6, 6.07) is 19.3. The normalized spacial score (nSPS) is 10.5. The van der Waals surface area contributed by atoms with E-state index in [9.17, 15) is 9.59 Å². The minimum Gasteiger partial charge on any atom is -0.493 e. The second-order valence-corrected chi connectivity index (χ2v) is 7.91. The lowest BCUT2D eigenvalue weighted by Gasteiger charge is -2.10. The van der Waals surface area contributed by atoms with Gasteiger partial charge >= 0.3 is 5.97 Å². The molecule has 3 aromatic carbocycles. The van der Waals surface area contributed by atoms with Crippen LogP contribution in [0.3, 0.4) is 0 Å². The Morgan fingerprint density at radius 1 is 1.03 bits per heavy atom. The summed E-state index contributed by atoms with van der Waals surface area (Å²) >= 11 is 3.33. The number of esters is 1. The minimum atomic E-state index is -0.511. The summed E-state index contributed by atoms with van der Waals surface area (Å²) < 4.78 is 17.1. The third kappa shape index (κ3) is 7.05. The van der Waals surface area contributed by atoms with Gasteiger partial charge in [0, 0.05) is 4.47 Å². The van der Waals surface area contributed by atoms with Crippen molar-refractivity contribution in [3.8, 4) is 17.2 Å². The quantitative estimate of drug-likeness (QED) is 0.134. The van der Waals surface area contributed by atoms with Crippen molar-refractivity contribution in [2.24, 2.45) is 5.10 Å². The van der Waals surface area contributed by atoms with E-state index < -0.39 is 11.9 Å². The van der Waals surface area contributed by atoms with Crippen molar-refractivity contribution < 1.29 is 23.8 Å². The number of para-hydroxylation sites is 1. The Bertz CT molecular complexity index is 1210. The Hall–Kier alpha value is -3.91. The summed E-state index contributed by atoms with van der Waals surface area (Å²) in [5, 5.41) is 3.95. The van der Waals surface area contributed by atoms with E-state index in [0.29, 0.717) is 29.0 Å². The Labute approximate surface area is 206 Å². The van der Waals surface area contributed by atoms with Gasteiger partial charge in [0.15, 0.2) is 18.1 Å². The van der Waals surface area contributed by atoms with Crippen LogP contribution in [0, 0.1) is 0 Å². The molecule has 0 saturated carbocycles. The van der Waals surface area contributed by atoms with Crippen molar-refractivity contribution in [2.45, 2.75) is 6.42 Å². The Morgan fingerprint density at radius 2 is 1.85 bits per heavy atom. The van der Waals surface area contributed by atoms with Gasteiger partial charge in [-0.15, -0.1) is 6.58 Å². The van der Waals surface area contributed by atoms with E-state index in [4.69, 9.17) is 14.2 Å². The van der Waals surface area contributed by atoms with Crippen molar-refractivity contribution in [3.63, 3.8) is 0 Å². The molecule has 174 valence electrons. The predicted molar refractivity (Wildman–Crippen MR) is 134 cm³/mol. The lowest BCUT2D eigenvalue weighted by atomic mass is 10.1. The second kappa shape index (κ2) is 12.4. The summed E-state index contributed by atoms with van der Waals surface area (Å²) in [5.41, 5.74) is 4.40. The molecule has 0 aliphatic rings. The smallest absolute Gasteiger partial charge is 0.343 e. The fourth-order valence-electron chi connectivity index (χ4n) is 2.95. The molecule has 0 radical (unpaired) electrons. The van der Waals surface area contributed by atoms with Gasteiger partial charge in [0.25, 0.3) is 5.91 Å². The second-order valence-electron chi connectivity index (χ2n) is 6.99. The standard InChI is InChI=1S/C26H23BrN2O5/c1-3-7-19-8-4-5-11-22(19)33-17-25(30)29-28-16-18-12-13-23(24(14-18)32-2)34-26(31)20-9-6-10-21(27)15-20/h3-6,8-16H,1,7,17H2,2H3,(H,29,30). The number of hydrazone groups is 1.